The molecule has 0 aromatic carbocycles. The van der Waals surface area contributed by atoms with Crippen LogP contribution in [0.4, 0.5) is 0 Å². The van der Waals surface area contributed by atoms with Gasteiger partial charge in [0.2, 0.25) is 0 Å². The molecule has 0 amide bonds. The minimum absolute atomic E-state index is 0.241. The van der Waals surface area contributed by atoms with Crippen molar-refractivity contribution in [2.45, 2.75) is 33.2 Å². The van der Waals surface area contributed by atoms with Crippen molar-refractivity contribution in [1.82, 2.24) is 15.1 Å². The van der Waals surface area contributed by atoms with E-state index in [1.54, 1.807) is 0 Å². The van der Waals surface area contributed by atoms with E-state index in [9.17, 15) is 0 Å². The van der Waals surface area contributed by atoms with E-state index in [4.69, 9.17) is 10.00 Å². The van der Waals surface area contributed by atoms with Gasteiger partial charge in [0.05, 0.1) is 31.9 Å². The molecule has 1 N–H and O–H groups in total. The average molecular weight is 262 g/mol. The van der Waals surface area contributed by atoms with Gasteiger partial charge in [0.25, 0.3) is 0 Å². The predicted molar refractivity (Wildman–Crippen MR) is 72.4 cm³/mol. The van der Waals surface area contributed by atoms with Gasteiger partial charge in [-0.2, -0.15) is 10.4 Å². The van der Waals surface area contributed by atoms with Crippen LogP contribution in [-0.2, 0) is 17.7 Å². The van der Waals surface area contributed by atoms with Crippen LogP contribution in [0.25, 0.3) is 0 Å². The van der Waals surface area contributed by atoms with Crippen molar-refractivity contribution < 1.29 is 4.74 Å². The largest absolute Gasteiger partial charge is 0.379 e. The van der Waals surface area contributed by atoms with E-state index >= 15 is 0 Å². The minimum atomic E-state index is 0.241. The summed E-state index contributed by atoms with van der Waals surface area (Å²) in [4.78, 5) is 2.41. The SMILES string of the molecule is CC1(C)Cc2[nH]ncc2CN(CCOCCC#N)C1. The number of nitrogens with zero attached hydrogens (tertiary/aromatic N) is 3. The van der Waals surface area contributed by atoms with Crippen molar-refractivity contribution in [1.29, 1.82) is 5.26 Å². The highest BCUT2D eigenvalue weighted by Gasteiger charge is 2.28. The Labute approximate surface area is 114 Å². The van der Waals surface area contributed by atoms with Gasteiger partial charge in [0.1, 0.15) is 0 Å². The lowest BCUT2D eigenvalue weighted by Crippen LogP contribution is -2.35. The molecule has 0 radical (unpaired) electrons. The highest BCUT2D eigenvalue weighted by molar-refractivity contribution is 5.19. The van der Waals surface area contributed by atoms with Gasteiger partial charge in [0.15, 0.2) is 0 Å². The second-order valence-electron chi connectivity index (χ2n) is 5.95. The lowest BCUT2D eigenvalue weighted by Gasteiger charge is -2.29. The van der Waals surface area contributed by atoms with E-state index in [1.165, 1.54) is 11.3 Å². The molecular weight excluding hydrogens is 240 g/mol. The topological polar surface area (TPSA) is 64.9 Å². The lowest BCUT2D eigenvalue weighted by molar-refractivity contribution is 0.0899. The van der Waals surface area contributed by atoms with Crippen LogP contribution in [-0.4, -0.2) is 41.4 Å². The molecule has 1 aliphatic rings. The highest BCUT2D eigenvalue weighted by atomic mass is 16.5. The molecule has 0 bridgehead atoms. The molecule has 1 aliphatic heterocycles. The molecule has 0 saturated carbocycles. The second kappa shape index (κ2) is 6.18. The lowest BCUT2D eigenvalue weighted by atomic mass is 9.88. The van der Waals surface area contributed by atoms with Crippen molar-refractivity contribution in [3.63, 3.8) is 0 Å². The van der Waals surface area contributed by atoms with Crippen LogP contribution >= 0.6 is 0 Å². The van der Waals surface area contributed by atoms with Gasteiger partial charge in [-0.3, -0.25) is 10.00 Å². The quantitative estimate of drug-likeness (QED) is 0.821. The van der Waals surface area contributed by atoms with Crippen LogP contribution < -0.4 is 0 Å². The van der Waals surface area contributed by atoms with E-state index in [2.05, 4.69) is 35.0 Å². The highest BCUT2D eigenvalue weighted by Crippen LogP contribution is 2.28. The molecule has 0 saturated heterocycles. The fraction of sp³-hybridized carbons (Fsp3) is 0.714. The number of H-pyrrole nitrogens is 1. The summed E-state index contributed by atoms with van der Waals surface area (Å²) in [7, 11) is 0. The van der Waals surface area contributed by atoms with E-state index < -0.39 is 0 Å². The molecule has 1 aromatic rings. The van der Waals surface area contributed by atoms with Crippen LogP contribution in [0.15, 0.2) is 6.20 Å². The Bertz CT molecular complexity index is 447. The number of fused-ring (bicyclic) bond motifs is 1. The summed E-state index contributed by atoms with van der Waals surface area (Å²) in [6.45, 7) is 8.67. The Balaban J connectivity index is 1.89. The van der Waals surface area contributed by atoms with Crippen molar-refractivity contribution in [2.75, 3.05) is 26.3 Å². The van der Waals surface area contributed by atoms with Gasteiger partial charge in [-0.1, -0.05) is 13.8 Å². The average Bonchev–Trinajstić information content (AvgIpc) is 2.70. The van der Waals surface area contributed by atoms with E-state index in [0.29, 0.717) is 19.6 Å². The summed E-state index contributed by atoms with van der Waals surface area (Å²) in [5.74, 6) is 0. The third-order valence-electron chi connectivity index (χ3n) is 3.42. The van der Waals surface area contributed by atoms with E-state index in [1.807, 2.05) is 6.20 Å². The fourth-order valence-corrected chi connectivity index (χ4v) is 2.64. The third kappa shape index (κ3) is 4.05. The molecule has 5 nitrogen and oxygen atoms in total. The summed E-state index contributed by atoms with van der Waals surface area (Å²) in [6, 6.07) is 2.09. The fourth-order valence-electron chi connectivity index (χ4n) is 2.64. The maximum absolute atomic E-state index is 8.45. The summed E-state index contributed by atoms with van der Waals surface area (Å²) < 4.78 is 5.47. The first-order valence-electron chi connectivity index (χ1n) is 6.79. The van der Waals surface area contributed by atoms with Crippen LogP contribution in [0.2, 0.25) is 0 Å². The Kier molecular flexibility index (Phi) is 4.56. The van der Waals surface area contributed by atoms with Gasteiger partial charge in [0, 0.05) is 30.9 Å². The monoisotopic (exact) mass is 262 g/mol. The number of aromatic amines is 1. The van der Waals surface area contributed by atoms with Gasteiger partial charge in [-0.15, -0.1) is 0 Å². The second-order valence-corrected chi connectivity index (χ2v) is 5.95. The maximum atomic E-state index is 8.45. The van der Waals surface area contributed by atoms with Gasteiger partial charge < -0.3 is 4.74 Å². The molecule has 19 heavy (non-hydrogen) atoms. The Morgan fingerprint density at radius 3 is 3.16 bits per heavy atom. The molecule has 0 aliphatic carbocycles. The number of hydrogen-bond donors (Lipinski definition) is 1. The van der Waals surface area contributed by atoms with Gasteiger partial charge in [-0.05, 0) is 11.8 Å². The summed E-state index contributed by atoms with van der Waals surface area (Å²) >= 11 is 0. The molecule has 2 rings (SSSR count). The molecule has 104 valence electrons. The van der Waals surface area contributed by atoms with Crippen LogP contribution in [0.5, 0.6) is 0 Å². The third-order valence-corrected chi connectivity index (χ3v) is 3.42. The first-order chi connectivity index (χ1) is 9.11. The minimum Gasteiger partial charge on any atom is -0.379 e. The van der Waals surface area contributed by atoms with Gasteiger partial charge in [-0.25, -0.2) is 0 Å². The zero-order valence-electron chi connectivity index (χ0n) is 11.8. The summed E-state index contributed by atoms with van der Waals surface area (Å²) in [5.41, 5.74) is 2.80. The Morgan fingerprint density at radius 1 is 1.53 bits per heavy atom. The number of hydrogen-bond acceptors (Lipinski definition) is 4. The maximum Gasteiger partial charge on any atom is 0.0645 e. The molecule has 0 unspecified atom stereocenters. The predicted octanol–water partition coefficient (Wildman–Crippen LogP) is 1.72. The van der Waals surface area contributed by atoms with E-state index in [-0.39, 0.29) is 5.41 Å². The van der Waals surface area contributed by atoms with Crippen LogP contribution in [0, 0.1) is 16.7 Å². The van der Waals surface area contributed by atoms with Crippen LogP contribution in [0.1, 0.15) is 31.5 Å². The number of nitrogens with one attached hydrogen (secondary N) is 1. The molecule has 5 heteroatoms. The normalized spacial score (nSPS) is 18.6. The van der Waals surface area contributed by atoms with Gasteiger partial charge >= 0.3 is 0 Å². The molecule has 1 aromatic heterocycles. The van der Waals surface area contributed by atoms with E-state index in [0.717, 1.165) is 26.1 Å². The molecule has 0 atom stereocenters. The zero-order valence-corrected chi connectivity index (χ0v) is 11.8. The van der Waals surface area contributed by atoms with Crippen molar-refractivity contribution in [3.8, 4) is 6.07 Å². The summed E-state index contributed by atoms with van der Waals surface area (Å²) in [6.07, 6.45) is 3.44. The number of ether oxygens (including phenoxy) is 1. The standard InChI is InChI=1S/C14H22N4O/c1-14(2)8-13-12(9-16-17-13)10-18(11-14)5-7-19-6-3-4-15/h9H,3,5-8,10-11H2,1-2H3,(H,16,17). The van der Waals surface area contributed by atoms with Crippen molar-refractivity contribution in [2.24, 2.45) is 5.41 Å². The van der Waals surface area contributed by atoms with Crippen molar-refractivity contribution >= 4 is 0 Å². The molecule has 2 heterocycles. The first-order valence-corrected chi connectivity index (χ1v) is 6.79. The Morgan fingerprint density at radius 2 is 2.37 bits per heavy atom. The number of aromatic nitrogens is 2. The van der Waals surface area contributed by atoms with Crippen molar-refractivity contribution in [3.05, 3.63) is 17.5 Å². The molecule has 0 spiro atoms. The Hall–Kier alpha value is -1.38. The zero-order chi connectivity index (χ0) is 13.7. The summed E-state index contributed by atoms with van der Waals surface area (Å²) in [5, 5.41) is 15.7. The molecular formula is C14H22N4O. The number of nitriles is 1. The smallest absolute Gasteiger partial charge is 0.0645 e. The first kappa shape index (κ1) is 14.0. The number of rotatable bonds is 5. The molecule has 0 fully saturated rings. The van der Waals surface area contributed by atoms with Crippen LogP contribution in [0.3, 0.4) is 0 Å².